The van der Waals surface area contributed by atoms with Gasteiger partial charge in [0.05, 0.1) is 45.2 Å². The molecule has 2 amide bonds. The Morgan fingerprint density at radius 1 is 1.16 bits per heavy atom. The SMILES string of the molecule is COc1cc(N2C[C@H](C(=O)NCc3cn4ccccc4n3)CC2=O)cc(OC)c1OC. The maximum Gasteiger partial charge on any atom is 0.227 e. The Kier molecular flexibility index (Phi) is 5.66. The maximum absolute atomic E-state index is 12.7. The lowest BCUT2D eigenvalue weighted by atomic mass is 10.1. The number of hydrogen-bond donors (Lipinski definition) is 1. The van der Waals surface area contributed by atoms with Crippen molar-refractivity contribution in [3.05, 3.63) is 48.4 Å². The van der Waals surface area contributed by atoms with Gasteiger partial charge in [-0.05, 0) is 12.1 Å². The minimum atomic E-state index is -0.455. The first-order chi connectivity index (χ1) is 15.0. The summed E-state index contributed by atoms with van der Waals surface area (Å²) in [6.07, 6.45) is 3.91. The van der Waals surface area contributed by atoms with E-state index in [2.05, 4.69) is 10.3 Å². The van der Waals surface area contributed by atoms with Gasteiger partial charge in [0.15, 0.2) is 11.5 Å². The number of nitrogens with zero attached hydrogens (tertiary/aromatic N) is 3. The minimum Gasteiger partial charge on any atom is -0.493 e. The smallest absolute Gasteiger partial charge is 0.227 e. The third-order valence-electron chi connectivity index (χ3n) is 5.31. The molecule has 0 unspecified atom stereocenters. The van der Waals surface area contributed by atoms with Crippen molar-refractivity contribution in [3.8, 4) is 17.2 Å². The number of carbonyl (C=O) groups is 2. The lowest BCUT2D eigenvalue weighted by Crippen LogP contribution is -2.32. The molecule has 1 fully saturated rings. The molecule has 1 aliphatic rings. The van der Waals surface area contributed by atoms with Gasteiger partial charge in [-0.2, -0.15) is 0 Å². The first-order valence-corrected chi connectivity index (χ1v) is 9.84. The van der Waals surface area contributed by atoms with Crippen LogP contribution in [0.15, 0.2) is 42.7 Å². The highest BCUT2D eigenvalue weighted by atomic mass is 16.5. The third-order valence-corrected chi connectivity index (χ3v) is 5.31. The number of pyridine rings is 1. The Balaban J connectivity index is 1.45. The van der Waals surface area contributed by atoms with Crippen LogP contribution in [0.25, 0.3) is 5.65 Å². The molecule has 162 valence electrons. The number of hydrogen-bond acceptors (Lipinski definition) is 6. The molecule has 0 radical (unpaired) electrons. The summed E-state index contributed by atoms with van der Waals surface area (Å²) in [5.41, 5.74) is 2.16. The van der Waals surface area contributed by atoms with Crippen LogP contribution in [-0.4, -0.2) is 49.1 Å². The third kappa shape index (κ3) is 3.98. The fourth-order valence-corrected chi connectivity index (χ4v) is 3.75. The number of methoxy groups -OCH3 is 3. The van der Waals surface area contributed by atoms with Crippen molar-refractivity contribution < 1.29 is 23.8 Å². The summed E-state index contributed by atoms with van der Waals surface area (Å²) in [7, 11) is 4.55. The van der Waals surface area contributed by atoms with Crippen molar-refractivity contribution in [2.45, 2.75) is 13.0 Å². The van der Waals surface area contributed by atoms with Gasteiger partial charge in [-0.3, -0.25) is 9.59 Å². The lowest BCUT2D eigenvalue weighted by Gasteiger charge is -2.20. The molecule has 9 nitrogen and oxygen atoms in total. The number of ether oxygens (including phenoxy) is 3. The van der Waals surface area contributed by atoms with Crippen LogP contribution in [0.4, 0.5) is 5.69 Å². The molecular weight excluding hydrogens is 400 g/mol. The van der Waals surface area contributed by atoms with Gasteiger partial charge in [0.25, 0.3) is 0 Å². The van der Waals surface area contributed by atoms with Gasteiger partial charge in [-0.15, -0.1) is 0 Å². The van der Waals surface area contributed by atoms with E-state index >= 15 is 0 Å². The molecule has 9 heteroatoms. The Hall–Kier alpha value is -3.75. The highest BCUT2D eigenvalue weighted by Gasteiger charge is 2.36. The van der Waals surface area contributed by atoms with Gasteiger partial charge < -0.3 is 28.8 Å². The van der Waals surface area contributed by atoms with Crippen LogP contribution < -0.4 is 24.4 Å². The van der Waals surface area contributed by atoms with Crippen molar-refractivity contribution in [3.63, 3.8) is 0 Å². The van der Waals surface area contributed by atoms with Crippen molar-refractivity contribution in [1.29, 1.82) is 0 Å². The van der Waals surface area contributed by atoms with Crippen molar-refractivity contribution in [2.75, 3.05) is 32.8 Å². The van der Waals surface area contributed by atoms with E-state index in [-0.39, 0.29) is 24.8 Å². The molecule has 3 aromatic rings. The molecule has 0 bridgehead atoms. The summed E-state index contributed by atoms with van der Waals surface area (Å²) in [6.45, 7) is 0.573. The van der Waals surface area contributed by atoms with Crippen LogP contribution in [0.1, 0.15) is 12.1 Å². The van der Waals surface area contributed by atoms with E-state index in [0.29, 0.717) is 29.5 Å². The molecule has 0 saturated carbocycles. The molecule has 31 heavy (non-hydrogen) atoms. The number of amides is 2. The second kappa shape index (κ2) is 8.55. The average molecular weight is 424 g/mol. The van der Waals surface area contributed by atoms with E-state index in [0.717, 1.165) is 11.3 Å². The zero-order chi connectivity index (χ0) is 22.0. The van der Waals surface area contributed by atoms with Gasteiger partial charge in [-0.1, -0.05) is 6.07 Å². The molecule has 1 aliphatic heterocycles. The summed E-state index contributed by atoms with van der Waals surface area (Å²) in [5, 5.41) is 2.89. The number of aromatic nitrogens is 2. The normalized spacial score (nSPS) is 15.9. The van der Waals surface area contributed by atoms with Crippen LogP contribution >= 0.6 is 0 Å². The van der Waals surface area contributed by atoms with E-state index in [1.807, 2.05) is 35.0 Å². The van der Waals surface area contributed by atoms with Gasteiger partial charge in [-0.25, -0.2) is 4.98 Å². The zero-order valence-electron chi connectivity index (χ0n) is 17.6. The molecule has 4 rings (SSSR count). The van der Waals surface area contributed by atoms with Crippen molar-refractivity contribution in [1.82, 2.24) is 14.7 Å². The molecule has 3 heterocycles. The fraction of sp³-hybridized carbons (Fsp3) is 0.318. The molecule has 1 atom stereocenters. The number of nitrogens with one attached hydrogen (secondary N) is 1. The Morgan fingerprint density at radius 3 is 2.55 bits per heavy atom. The number of benzene rings is 1. The second-order valence-electron chi connectivity index (χ2n) is 7.21. The van der Waals surface area contributed by atoms with Crippen LogP contribution in [0, 0.1) is 5.92 Å². The van der Waals surface area contributed by atoms with E-state index in [9.17, 15) is 9.59 Å². The molecular formula is C22H24N4O5. The van der Waals surface area contributed by atoms with Crippen LogP contribution in [0.5, 0.6) is 17.2 Å². The first-order valence-electron chi connectivity index (χ1n) is 9.84. The largest absolute Gasteiger partial charge is 0.493 e. The van der Waals surface area contributed by atoms with E-state index in [4.69, 9.17) is 14.2 Å². The molecule has 2 aromatic heterocycles. The number of carbonyl (C=O) groups excluding carboxylic acids is 2. The number of imidazole rings is 1. The monoisotopic (exact) mass is 424 g/mol. The van der Waals surface area contributed by atoms with Gasteiger partial charge in [0, 0.05) is 37.5 Å². The summed E-state index contributed by atoms with van der Waals surface area (Å²) < 4.78 is 18.0. The summed E-state index contributed by atoms with van der Waals surface area (Å²) in [6, 6.07) is 9.13. The molecule has 1 aromatic carbocycles. The average Bonchev–Trinajstić information content (AvgIpc) is 3.39. The topological polar surface area (TPSA) is 94.4 Å². The number of fused-ring (bicyclic) bond motifs is 1. The molecule has 0 spiro atoms. The van der Waals surface area contributed by atoms with E-state index in [1.165, 1.54) is 21.3 Å². The van der Waals surface area contributed by atoms with Gasteiger partial charge in [0.2, 0.25) is 17.6 Å². The molecule has 0 aliphatic carbocycles. The van der Waals surface area contributed by atoms with E-state index < -0.39 is 5.92 Å². The van der Waals surface area contributed by atoms with Crippen molar-refractivity contribution in [2.24, 2.45) is 5.92 Å². The Labute approximate surface area is 179 Å². The van der Waals surface area contributed by atoms with Crippen LogP contribution in [0.3, 0.4) is 0 Å². The van der Waals surface area contributed by atoms with Crippen molar-refractivity contribution >= 4 is 23.1 Å². The lowest BCUT2D eigenvalue weighted by molar-refractivity contribution is -0.126. The van der Waals surface area contributed by atoms with E-state index in [1.54, 1.807) is 17.0 Å². The minimum absolute atomic E-state index is 0.133. The quantitative estimate of drug-likeness (QED) is 0.624. The Bertz CT molecular complexity index is 1070. The Morgan fingerprint density at radius 2 is 1.90 bits per heavy atom. The predicted molar refractivity (Wildman–Crippen MR) is 114 cm³/mol. The summed E-state index contributed by atoms with van der Waals surface area (Å²) >= 11 is 0. The summed E-state index contributed by atoms with van der Waals surface area (Å²) in [4.78, 5) is 31.4. The predicted octanol–water partition coefficient (Wildman–Crippen LogP) is 2.03. The van der Waals surface area contributed by atoms with Crippen LogP contribution in [-0.2, 0) is 16.1 Å². The number of anilines is 1. The molecule has 1 N–H and O–H groups in total. The standard InChI is InChI=1S/C22H24N4O5/c1-29-17-9-16(10-18(30-2)21(17)31-3)26-12-14(8-20(26)27)22(28)23-11-15-13-25-7-5-4-6-19(25)24-15/h4-7,9-10,13-14H,8,11-12H2,1-3H3,(H,23,28)/t14-/m1/s1. The van der Waals surface area contributed by atoms with Gasteiger partial charge >= 0.3 is 0 Å². The molecule has 1 saturated heterocycles. The first kappa shape index (κ1) is 20.5. The van der Waals surface area contributed by atoms with Crippen LogP contribution in [0.2, 0.25) is 0 Å². The highest BCUT2D eigenvalue weighted by molar-refractivity contribution is 6.00. The fourth-order valence-electron chi connectivity index (χ4n) is 3.75. The summed E-state index contributed by atoms with van der Waals surface area (Å²) in [5.74, 6) is 0.571. The zero-order valence-corrected chi connectivity index (χ0v) is 17.6. The maximum atomic E-state index is 12.7. The highest BCUT2D eigenvalue weighted by Crippen LogP contribution is 2.42. The van der Waals surface area contributed by atoms with Gasteiger partial charge in [0.1, 0.15) is 5.65 Å². The number of rotatable bonds is 7. The second-order valence-corrected chi connectivity index (χ2v) is 7.21.